The second-order valence-electron chi connectivity index (χ2n) is 19.4. The zero-order valence-corrected chi connectivity index (χ0v) is 44.7. The lowest BCUT2D eigenvalue weighted by molar-refractivity contribution is -0.138. The van der Waals surface area contributed by atoms with Crippen molar-refractivity contribution in [1.29, 1.82) is 0 Å². The molecule has 4 amide bonds. The quantitative estimate of drug-likeness (QED) is 0.0190. The Morgan fingerprint density at radius 2 is 1.58 bits per heavy atom. The first-order valence-electron chi connectivity index (χ1n) is 25.7. The van der Waals surface area contributed by atoms with E-state index >= 15 is 0 Å². The molecule has 19 nitrogen and oxygen atoms in total. The number of aliphatic imine (C=N–C) groups is 1. The number of esters is 1. The fraction of sp³-hybridized carbons (Fsp3) is 0.464. The van der Waals surface area contributed by atoms with Gasteiger partial charge in [-0.3, -0.25) is 43.5 Å². The molecule has 3 aliphatic rings. The number of likely N-dealkylation sites (tertiary alicyclic amines) is 1. The van der Waals surface area contributed by atoms with E-state index in [1.165, 1.54) is 16.7 Å². The summed E-state index contributed by atoms with van der Waals surface area (Å²) in [5.74, 6) is -0.536. The molecule has 0 bridgehead atoms. The van der Waals surface area contributed by atoms with E-state index in [1.54, 1.807) is 71.9 Å². The molecule has 7 rings (SSSR count). The molecule has 5 heterocycles. The van der Waals surface area contributed by atoms with E-state index in [1.807, 2.05) is 37.4 Å². The minimum Gasteiger partial charge on any atom is -0.493 e. The Morgan fingerprint density at radius 1 is 0.842 bits per heavy atom. The largest absolute Gasteiger partial charge is 0.493 e. The molecule has 76 heavy (non-hydrogen) atoms. The van der Waals surface area contributed by atoms with Crippen LogP contribution >= 0.6 is 11.8 Å². The number of fused-ring (bicyclic) bond motifs is 2. The van der Waals surface area contributed by atoms with Crippen LogP contribution in [0.25, 0.3) is 11.1 Å². The van der Waals surface area contributed by atoms with Crippen LogP contribution in [0.2, 0.25) is 0 Å². The van der Waals surface area contributed by atoms with Crippen molar-refractivity contribution < 1.29 is 57.3 Å². The molecule has 1 unspecified atom stereocenters. The summed E-state index contributed by atoms with van der Waals surface area (Å²) in [5.41, 5.74) is 5.60. The highest BCUT2D eigenvalue weighted by molar-refractivity contribution is 8.00. The SMILES string of the molecule is C=C1C[C@H]2C=Nc3cc(OCCCC(=O)Nc4cn(C)c(C(=O)Cc5ccc(-c6cc(C(=O)O[C@H](C)CCC(=O)CCOCCOCCCC(=O)CCN7C(=O)CC(SC)C7=O)n(C)c6)cc5)n4)c(C)cc3C(=O)N2C1. The fourth-order valence-corrected chi connectivity index (χ4v) is 9.77. The number of nitrogens with one attached hydrogen (secondary N) is 1. The van der Waals surface area contributed by atoms with Gasteiger partial charge in [-0.2, -0.15) is 11.8 Å². The van der Waals surface area contributed by atoms with Crippen molar-refractivity contribution in [1.82, 2.24) is 23.9 Å². The first-order chi connectivity index (χ1) is 36.5. The number of aryl methyl sites for hydroxylation is 3. The van der Waals surface area contributed by atoms with Gasteiger partial charge in [0.2, 0.25) is 23.5 Å². The van der Waals surface area contributed by atoms with Gasteiger partial charge in [-0.1, -0.05) is 36.4 Å². The van der Waals surface area contributed by atoms with Gasteiger partial charge in [0.25, 0.3) is 5.91 Å². The number of carbonyl (C=O) groups excluding carboxylic acids is 8. The molecule has 3 aliphatic heterocycles. The standard InChI is InChI=1S/C56H67N7O12S/c1-35-25-41-31-57-45-29-48(36(2)26-44(45)54(69)63(41)32-35)74-21-8-10-51(67)58-50-34-61(5)53(59-50)47(66)27-38-12-14-39(15-13-38)40-28-46(60(4)33-40)56(71)75-37(3)11-16-43(65)18-22-73-24-23-72-20-7-9-42(64)17-19-62-52(68)30-49(76-6)55(62)70/h12-15,26,28-29,31,33-34,37,41,49H,1,7-11,16-25,27,30,32H2,2-6H3,(H,58,67)/t37-,41+,49?/m1/s1. The number of carbonyl (C=O) groups is 8. The highest BCUT2D eigenvalue weighted by atomic mass is 32.2. The highest BCUT2D eigenvalue weighted by Gasteiger charge is 2.38. The summed E-state index contributed by atoms with van der Waals surface area (Å²) < 4.78 is 26.0. The van der Waals surface area contributed by atoms with Gasteiger partial charge in [0.1, 0.15) is 23.0 Å². The summed E-state index contributed by atoms with van der Waals surface area (Å²) in [4.78, 5) is 114. The zero-order valence-electron chi connectivity index (χ0n) is 43.9. The molecule has 2 aromatic carbocycles. The van der Waals surface area contributed by atoms with Crippen LogP contribution in [-0.4, -0.2) is 147 Å². The van der Waals surface area contributed by atoms with Crippen LogP contribution in [0.15, 0.2) is 72.0 Å². The topological polar surface area (TPSA) is 227 Å². The maximum Gasteiger partial charge on any atom is 0.355 e. The lowest BCUT2D eigenvalue weighted by atomic mass is 10.0. The number of imide groups is 1. The second kappa shape index (κ2) is 26.6. The number of rotatable bonds is 29. The number of anilines is 1. The number of hydrogen-bond acceptors (Lipinski definition) is 15. The van der Waals surface area contributed by atoms with Crippen LogP contribution in [0.1, 0.15) is 114 Å². The van der Waals surface area contributed by atoms with E-state index in [9.17, 15) is 38.4 Å². The molecule has 0 spiro atoms. The lowest BCUT2D eigenvalue weighted by Crippen LogP contribution is -2.35. The first kappa shape index (κ1) is 56.7. The molecule has 3 atom stereocenters. The number of ether oxygens (including phenoxy) is 4. The Morgan fingerprint density at radius 3 is 2.33 bits per heavy atom. The van der Waals surface area contributed by atoms with E-state index in [2.05, 4.69) is 21.9 Å². The highest BCUT2D eigenvalue weighted by Crippen LogP contribution is 2.35. The number of aromatic nitrogens is 3. The normalized spacial score (nSPS) is 16.4. The van der Waals surface area contributed by atoms with E-state index in [0.29, 0.717) is 81.2 Å². The number of thioether (sulfide) groups is 1. The predicted octanol–water partition coefficient (Wildman–Crippen LogP) is 6.99. The van der Waals surface area contributed by atoms with E-state index in [4.69, 9.17) is 18.9 Å². The number of benzene rings is 2. The molecule has 1 N–H and O–H groups in total. The molecular weight excluding hydrogens is 995 g/mol. The van der Waals surface area contributed by atoms with Crippen LogP contribution in [0.5, 0.6) is 5.75 Å². The second-order valence-corrected chi connectivity index (χ2v) is 20.5. The molecule has 0 aliphatic carbocycles. The zero-order chi connectivity index (χ0) is 54.5. The summed E-state index contributed by atoms with van der Waals surface area (Å²) in [5, 5.41) is 2.42. The lowest BCUT2D eigenvalue weighted by Gasteiger charge is -2.20. The van der Waals surface area contributed by atoms with Crippen LogP contribution in [0, 0.1) is 6.92 Å². The Hall–Kier alpha value is -7.03. The van der Waals surface area contributed by atoms with Gasteiger partial charge in [-0.15, -0.1) is 0 Å². The minimum absolute atomic E-state index is 0.0167. The number of ketones is 3. The third-order valence-electron chi connectivity index (χ3n) is 13.4. The van der Waals surface area contributed by atoms with Crippen molar-refractivity contribution in [3.05, 3.63) is 95.2 Å². The van der Waals surface area contributed by atoms with E-state index in [-0.39, 0.29) is 122 Å². The van der Waals surface area contributed by atoms with Crippen molar-refractivity contribution in [3.63, 3.8) is 0 Å². The molecule has 0 saturated carbocycles. The van der Waals surface area contributed by atoms with Crippen molar-refractivity contribution in [3.8, 4) is 16.9 Å². The van der Waals surface area contributed by atoms with Crippen molar-refractivity contribution in [2.24, 2.45) is 19.1 Å². The molecule has 20 heteroatoms. The molecular formula is C56H67N7O12S. The molecule has 2 aromatic heterocycles. The molecule has 4 aromatic rings. The number of amides is 4. The minimum atomic E-state index is -0.515. The number of nitrogens with zero attached hydrogens (tertiary/aromatic N) is 6. The van der Waals surface area contributed by atoms with Crippen molar-refractivity contribution >= 4 is 76.4 Å². The van der Waals surface area contributed by atoms with Gasteiger partial charge in [0, 0.05) is 109 Å². The number of hydrogen-bond donors (Lipinski definition) is 1. The van der Waals surface area contributed by atoms with Crippen molar-refractivity contribution in [2.45, 2.75) is 102 Å². The van der Waals surface area contributed by atoms with Gasteiger partial charge in [-0.05, 0) is 74.6 Å². The van der Waals surface area contributed by atoms with E-state index < -0.39 is 12.1 Å². The van der Waals surface area contributed by atoms with Gasteiger partial charge in [-0.25, -0.2) is 9.78 Å². The van der Waals surface area contributed by atoms with Gasteiger partial charge in [0.05, 0.1) is 55.1 Å². The van der Waals surface area contributed by atoms with Crippen LogP contribution < -0.4 is 10.1 Å². The van der Waals surface area contributed by atoms with Gasteiger partial charge in [0.15, 0.2) is 11.6 Å². The summed E-state index contributed by atoms with van der Waals surface area (Å²) in [6.45, 7) is 9.76. The van der Waals surface area contributed by atoms with E-state index in [0.717, 1.165) is 27.8 Å². The molecule has 404 valence electrons. The van der Waals surface area contributed by atoms with Gasteiger partial charge < -0.3 is 38.3 Å². The van der Waals surface area contributed by atoms with Crippen LogP contribution in [0.4, 0.5) is 11.5 Å². The summed E-state index contributed by atoms with van der Waals surface area (Å²) >= 11 is 1.35. The summed E-state index contributed by atoms with van der Waals surface area (Å²) in [6.07, 6.45) is 9.77. The summed E-state index contributed by atoms with van der Waals surface area (Å²) in [7, 11) is 3.44. The smallest absolute Gasteiger partial charge is 0.355 e. The first-order valence-corrected chi connectivity index (χ1v) is 26.9. The average Bonchev–Trinajstić information content (AvgIpc) is 4.14. The Bertz CT molecular complexity index is 2870. The molecule has 0 radical (unpaired) electrons. The Balaban J connectivity index is 0.751. The molecule has 2 fully saturated rings. The average molecular weight is 1060 g/mol. The third-order valence-corrected chi connectivity index (χ3v) is 14.3. The Kier molecular flexibility index (Phi) is 19.9. The fourth-order valence-electron chi connectivity index (χ4n) is 9.13. The predicted molar refractivity (Wildman–Crippen MR) is 286 cm³/mol. The number of imidazole rings is 1. The summed E-state index contributed by atoms with van der Waals surface area (Å²) in [6, 6.07) is 12.6. The van der Waals surface area contributed by atoms with Gasteiger partial charge >= 0.3 is 5.97 Å². The van der Waals surface area contributed by atoms with Crippen molar-refractivity contribution in [2.75, 3.05) is 57.7 Å². The van der Waals surface area contributed by atoms with Crippen LogP contribution in [-0.2, 0) is 58.7 Å². The third kappa shape index (κ3) is 15.1. The monoisotopic (exact) mass is 1060 g/mol. The number of Topliss-reactive ketones (excluding diaryl/α,β-unsaturated/α-hetero) is 3. The maximum absolute atomic E-state index is 13.4. The van der Waals surface area contributed by atoms with Crippen LogP contribution in [0.3, 0.4) is 0 Å². The molecule has 2 saturated heterocycles. The Labute approximate surface area is 446 Å². The maximum atomic E-state index is 13.4.